The SMILES string of the molecule is CC(=[Se])C(=O)O. The third kappa shape index (κ3) is 2.12. The van der Waals surface area contributed by atoms with Gasteiger partial charge in [0.2, 0.25) is 0 Å². The molecule has 0 radical (unpaired) electrons. The molecule has 0 fully saturated rings. The zero-order valence-electron chi connectivity index (χ0n) is 3.26. The van der Waals surface area contributed by atoms with E-state index < -0.39 is 5.97 Å². The van der Waals surface area contributed by atoms with Crippen molar-refractivity contribution in [2.24, 2.45) is 0 Å². The van der Waals surface area contributed by atoms with E-state index in [1.54, 1.807) is 0 Å². The minimum atomic E-state index is -0.880. The van der Waals surface area contributed by atoms with Crippen LogP contribution in [0, 0.1) is 0 Å². The number of rotatable bonds is 1. The number of hydrogen-bond donors (Lipinski definition) is 1. The van der Waals surface area contributed by atoms with Crippen LogP contribution in [0.2, 0.25) is 0 Å². The van der Waals surface area contributed by atoms with E-state index in [2.05, 4.69) is 15.6 Å². The van der Waals surface area contributed by atoms with Crippen LogP contribution >= 0.6 is 0 Å². The van der Waals surface area contributed by atoms with Gasteiger partial charge < -0.3 is 0 Å². The Morgan fingerprint density at radius 1 is 1.83 bits per heavy atom. The first-order chi connectivity index (χ1) is 2.64. The predicted octanol–water partition coefficient (Wildman–Crippen LogP) is -0.568. The second kappa shape index (κ2) is 2.11. The van der Waals surface area contributed by atoms with Gasteiger partial charge in [0.25, 0.3) is 0 Å². The third-order valence-corrected chi connectivity index (χ3v) is 0.668. The summed E-state index contributed by atoms with van der Waals surface area (Å²) in [7, 11) is 0. The molecule has 1 N–H and O–H groups in total. The molecule has 0 spiro atoms. The molecule has 0 rings (SSSR count). The first-order valence-electron chi connectivity index (χ1n) is 1.38. The van der Waals surface area contributed by atoms with Crippen LogP contribution in [0.1, 0.15) is 6.92 Å². The number of carboxylic acids is 1. The summed E-state index contributed by atoms with van der Waals surface area (Å²) in [5.41, 5.74) is 0. The van der Waals surface area contributed by atoms with Gasteiger partial charge in [0.15, 0.2) is 0 Å². The Balaban J connectivity index is 3.57. The molecule has 0 heterocycles. The molecule has 34 valence electrons. The van der Waals surface area contributed by atoms with Crippen molar-refractivity contribution in [2.75, 3.05) is 0 Å². The summed E-state index contributed by atoms with van der Waals surface area (Å²) in [5.74, 6) is -0.880. The Hall–Kier alpha value is -0.141. The van der Waals surface area contributed by atoms with Crippen molar-refractivity contribution in [3.63, 3.8) is 0 Å². The van der Waals surface area contributed by atoms with Crippen LogP contribution in [0.15, 0.2) is 0 Å². The average molecular weight is 151 g/mol. The van der Waals surface area contributed by atoms with Crippen LogP contribution in [0.25, 0.3) is 0 Å². The fraction of sp³-hybridized carbons (Fsp3) is 0.333. The maximum atomic E-state index is 9.63. The van der Waals surface area contributed by atoms with Gasteiger partial charge in [0.1, 0.15) is 0 Å². The van der Waals surface area contributed by atoms with E-state index in [9.17, 15) is 4.79 Å². The Morgan fingerprint density at radius 2 is 2.00 bits per heavy atom. The summed E-state index contributed by atoms with van der Waals surface area (Å²) in [6, 6.07) is 0. The molecule has 0 saturated heterocycles. The van der Waals surface area contributed by atoms with Crippen LogP contribution in [0.4, 0.5) is 0 Å². The molecule has 0 saturated carbocycles. The normalized spacial score (nSPS) is 7.50. The molecule has 6 heavy (non-hydrogen) atoms. The van der Waals surface area contributed by atoms with Crippen molar-refractivity contribution in [1.29, 1.82) is 0 Å². The molecule has 0 aliphatic heterocycles. The predicted molar refractivity (Wildman–Crippen MR) is 24.1 cm³/mol. The van der Waals surface area contributed by atoms with Crippen molar-refractivity contribution >= 4 is 26.0 Å². The molecule has 0 aromatic heterocycles. The molecule has 0 aliphatic carbocycles. The minimum absolute atomic E-state index is 0.301. The molecular weight excluding hydrogens is 147 g/mol. The van der Waals surface area contributed by atoms with E-state index in [0.717, 1.165) is 0 Å². The van der Waals surface area contributed by atoms with Crippen LogP contribution in [0.5, 0.6) is 0 Å². The van der Waals surface area contributed by atoms with Gasteiger partial charge >= 0.3 is 42.8 Å². The number of carboxylic acid groups (broad SMARTS) is 1. The molecule has 0 aromatic rings. The standard InChI is InChI=1S/C3H4O2Se/c1-2(6)3(4)5/h1H3,(H,4,5). The van der Waals surface area contributed by atoms with Crippen molar-refractivity contribution in [3.8, 4) is 0 Å². The summed E-state index contributed by atoms with van der Waals surface area (Å²) in [5, 5.41) is 7.92. The van der Waals surface area contributed by atoms with Crippen LogP contribution in [-0.2, 0) is 4.79 Å². The van der Waals surface area contributed by atoms with Gasteiger partial charge in [-0.2, -0.15) is 0 Å². The van der Waals surface area contributed by atoms with Gasteiger partial charge in [-0.25, -0.2) is 0 Å². The molecule has 0 unspecified atom stereocenters. The number of hydrogen-bond acceptors (Lipinski definition) is 1. The molecule has 0 bridgehead atoms. The van der Waals surface area contributed by atoms with Gasteiger partial charge in [-0.05, 0) is 0 Å². The van der Waals surface area contributed by atoms with E-state index in [1.807, 2.05) is 0 Å². The van der Waals surface area contributed by atoms with Gasteiger partial charge in [-0.15, -0.1) is 0 Å². The Bertz CT molecular complexity index is 74.8. The Kier molecular flexibility index (Phi) is 2.06. The number of aliphatic carboxylic acids is 1. The van der Waals surface area contributed by atoms with Gasteiger partial charge in [-0.3, -0.25) is 0 Å². The molecule has 0 aliphatic rings. The fourth-order valence-electron chi connectivity index (χ4n) is 0. The summed E-state index contributed by atoms with van der Waals surface area (Å²) in [6.07, 6.45) is 0. The van der Waals surface area contributed by atoms with E-state index in [4.69, 9.17) is 5.11 Å². The molecule has 2 nitrogen and oxygen atoms in total. The van der Waals surface area contributed by atoms with E-state index >= 15 is 0 Å². The summed E-state index contributed by atoms with van der Waals surface area (Å²) < 4.78 is 0.301. The molecule has 0 atom stereocenters. The first kappa shape index (κ1) is 5.86. The quantitative estimate of drug-likeness (QED) is 0.509. The monoisotopic (exact) mass is 152 g/mol. The van der Waals surface area contributed by atoms with Gasteiger partial charge in [0, 0.05) is 0 Å². The van der Waals surface area contributed by atoms with Gasteiger partial charge in [-0.1, -0.05) is 0 Å². The van der Waals surface area contributed by atoms with E-state index in [1.165, 1.54) is 6.92 Å². The Labute approximate surface area is 43.5 Å². The second-order valence-corrected chi connectivity index (χ2v) is 2.15. The van der Waals surface area contributed by atoms with Crippen LogP contribution < -0.4 is 0 Å². The fourth-order valence-corrected chi connectivity index (χ4v) is 0. The van der Waals surface area contributed by atoms with Crippen molar-refractivity contribution in [2.45, 2.75) is 6.92 Å². The van der Waals surface area contributed by atoms with E-state index in [0.29, 0.717) is 4.42 Å². The zero-order valence-corrected chi connectivity index (χ0v) is 4.98. The van der Waals surface area contributed by atoms with Crippen molar-refractivity contribution in [1.82, 2.24) is 0 Å². The Morgan fingerprint density at radius 3 is 2.00 bits per heavy atom. The zero-order chi connectivity index (χ0) is 5.15. The third-order valence-electron chi connectivity index (χ3n) is 0.301. The molecular formula is C3H4O2Se. The summed E-state index contributed by atoms with van der Waals surface area (Å²) >= 11 is 2.36. The average Bonchev–Trinajstić information content (AvgIpc) is 1.36. The maximum absolute atomic E-state index is 9.63. The van der Waals surface area contributed by atoms with Crippen molar-refractivity contribution < 1.29 is 9.90 Å². The van der Waals surface area contributed by atoms with Crippen LogP contribution in [-0.4, -0.2) is 31.1 Å². The molecule has 0 amide bonds. The van der Waals surface area contributed by atoms with Gasteiger partial charge in [0.05, 0.1) is 0 Å². The van der Waals surface area contributed by atoms with E-state index in [-0.39, 0.29) is 0 Å². The summed E-state index contributed by atoms with van der Waals surface area (Å²) in [4.78, 5) is 9.63. The first-order valence-corrected chi connectivity index (χ1v) is 2.24. The van der Waals surface area contributed by atoms with Crippen molar-refractivity contribution in [3.05, 3.63) is 0 Å². The summed E-state index contributed by atoms with van der Waals surface area (Å²) in [6.45, 7) is 1.50. The topological polar surface area (TPSA) is 37.3 Å². The second-order valence-electron chi connectivity index (χ2n) is 0.861. The molecule has 3 heteroatoms. The number of carbonyl (C=O) groups is 1. The molecule has 0 aromatic carbocycles. The van der Waals surface area contributed by atoms with Crippen LogP contribution in [0.3, 0.4) is 0 Å².